The van der Waals surface area contributed by atoms with Gasteiger partial charge in [0.25, 0.3) is 10.0 Å². The van der Waals surface area contributed by atoms with Crippen LogP contribution in [-0.4, -0.2) is 23.6 Å². The second kappa shape index (κ2) is 4.93. The van der Waals surface area contributed by atoms with Crippen molar-refractivity contribution in [1.29, 1.82) is 0 Å². The molecule has 0 aliphatic rings. The number of fused-ring (bicyclic) bond motifs is 2. The highest BCUT2D eigenvalue weighted by atomic mass is 32.2. The Morgan fingerprint density at radius 1 is 1.09 bits per heavy atom. The summed E-state index contributed by atoms with van der Waals surface area (Å²) >= 11 is 0.975. The summed E-state index contributed by atoms with van der Waals surface area (Å²) in [5.41, 5.74) is 1.80. The first kappa shape index (κ1) is 14.0. The number of aromatic amines is 2. The molecule has 0 aliphatic carbocycles. The molecular weight excluding hydrogens is 336 g/mol. The number of sulfonamides is 1. The lowest BCUT2D eigenvalue weighted by atomic mass is 10.2. The van der Waals surface area contributed by atoms with Crippen LogP contribution in [0.2, 0.25) is 0 Å². The molecular formula is C14H10N4O3S2. The number of rotatable bonds is 3. The van der Waals surface area contributed by atoms with Crippen molar-refractivity contribution < 1.29 is 8.42 Å². The van der Waals surface area contributed by atoms with E-state index in [1.807, 2.05) is 0 Å². The first-order chi connectivity index (χ1) is 11.0. The fourth-order valence-electron chi connectivity index (χ4n) is 2.31. The van der Waals surface area contributed by atoms with Gasteiger partial charge in [-0.3, -0.25) is 14.6 Å². The lowest BCUT2D eigenvalue weighted by molar-refractivity contribution is 0.601. The van der Waals surface area contributed by atoms with Gasteiger partial charge in [0, 0.05) is 5.39 Å². The number of nitrogens with zero attached hydrogens (tertiary/aromatic N) is 1. The highest BCUT2D eigenvalue weighted by Gasteiger charge is 2.16. The van der Waals surface area contributed by atoms with Crippen LogP contribution in [0.25, 0.3) is 21.1 Å². The van der Waals surface area contributed by atoms with Gasteiger partial charge in [-0.05, 0) is 36.4 Å². The van der Waals surface area contributed by atoms with Crippen LogP contribution in [0.3, 0.4) is 0 Å². The molecule has 0 spiro atoms. The average Bonchev–Trinajstić information content (AvgIpc) is 3.10. The molecule has 3 N–H and O–H groups in total. The van der Waals surface area contributed by atoms with E-state index in [0.717, 1.165) is 22.2 Å². The Bertz CT molecular complexity index is 1190. The Morgan fingerprint density at radius 2 is 1.96 bits per heavy atom. The average molecular weight is 346 g/mol. The quantitative estimate of drug-likeness (QED) is 0.529. The maximum atomic E-state index is 12.5. The number of H-pyrrole nitrogens is 2. The van der Waals surface area contributed by atoms with Crippen molar-refractivity contribution in [2.24, 2.45) is 0 Å². The summed E-state index contributed by atoms with van der Waals surface area (Å²) in [6.45, 7) is 0. The Balaban J connectivity index is 1.74. The van der Waals surface area contributed by atoms with Gasteiger partial charge in [-0.1, -0.05) is 11.3 Å². The van der Waals surface area contributed by atoms with Crippen molar-refractivity contribution in [2.45, 2.75) is 4.90 Å². The molecule has 0 atom stereocenters. The number of thiazole rings is 1. The normalized spacial score (nSPS) is 12.0. The molecule has 0 unspecified atom stereocenters. The molecule has 0 amide bonds. The smallest absolute Gasteiger partial charge is 0.305 e. The minimum Gasteiger partial charge on any atom is -0.312 e. The summed E-state index contributed by atoms with van der Waals surface area (Å²) in [6, 6.07) is 9.64. The van der Waals surface area contributed by atoms with Crippen LogP contribution >= 0.6 is 11.3 Å². The zero-order valence-corrected chi connectivity index (χ0v) is 13.2. The van der Waals surface area contributed by atoms with Crippen LogP contribution in [-0.2, 0) is 10.0 Å². The summed E-state index contributed by atoms with van der Waals surface area (Å²) in [4.78, 5) is 13.9. The molecule has 0 radical (unpaired) electrons. The van der Waals surface area contributed by atoms with Crippen LogP contribution in [0.15, 0.2) is 52.3 Å². The summed E-state index contributed by atoms with van der Waals surface area (Å²) in [6.07, 6.45) is 1.66. The van der Waals surface area contributed by atoms with Crippen LogP contribution in [0.1, 0.15) is 0 Å². The van der Waals surface area contributed by atoms with Crippen LogP contribution in [0.5, 0.6) is 0 Å². The van der Waals surface area contributed by atoms with E-state index in [9.17, 15) is 13.2 Å². The molecule has 0 saturated carbocycles. The Morgan fingerprint density at radius 3 is 2.83 bits per heavy atom. The first-order valence-corrected chi connectivity index (χ1v) is 8.90. The van der Waals surface area contributed by atoms with Crippen molar-refractivity contribution in [1.82, 2.24) is 15.2 Å². The predicted molar refractivity (Wildman–Crippen MR) is 89.3 cm³/mol. The number of hydrogen-bond donors (Lipinski definition) is 3. The van der Waals surface area contributed by atoms with E-state index in [1.54, 1.807) is 30.5 Å². The van der Waals surface area contributed by atoms with Crippen molar-refractivity contribution in [3.05, 3.63) is 52.3 Å². The van der Waals surface area contributed by atoms with Crippen molar-refractivity contribution in [3.8, 4) is 0 Å². The van der Waals surface area contributed by atoms with Crippen LogP contribution in [0.4, 0.5) is 5.69 Å². The third kappa shape index (κ3) is 2.49. The molecule has 4 rings (SSSR count). The molecule has 4 aromatic rings. The third-order valence-electron chi connectivity index (χ3n) is 3.40. The molecule has 116 valence electrons. The van der Waals surface area contributed by atoms with Crippen LogP contribution in [0, 0.1) is 0 Å². The van der Waals surface area contributed by atoms with Gasteiger partial charge in [0.1, 0.15) is 0 Å². The van der Waals surface area contributed by atoms with Gasteiger partial charge in [0.2, 0.25) is 0 Å². The van der Waals surface area contributed by atoms with Gasteiger partial charge in [-0.25, -0.2) is 8.42 Å². The van der Waals surface area contributed by atoms with Gasteiger partial charge >= 0.3 is 4.87 Å². The molecule has 0 aliphatic heterocycles. The molecule has 9 heteroatoms. The third-order valence-corrected chi connectivity index (χ3v) is 5.62. The molecule has 0 saturated heterocycles. The van der Waals surface area contributed by atoms with E-state index >= 15 is 0 Å². The van der Waals surface area contributed by atoms with E-state index in [4.69, 9.17) is 0 Å². The number of benzene rings is 2. The van der Waals surface area contributed by atoms with Gasteiger partial charge in [-0.15, -0.1) is 0 Å². The molecule has 2 heterocycles. The van der Waals surface area contributed by atoms with E-state index in [2.05, 4.69) is 19.9 Å². The molecule has 0 fully saturated rings. The zero-order chi connectivity index (χ0) is 16.0. The Hall–Kier alpha value is -2.65. The molecule has 23 heavy (non-hydrogen) atoms. The zero-order valence-electron chi connectivity index (χ0n) is 11.5. The number of nitrogens with one attached hydrogen (secondary N) is 3. The molecule has 0 bridgehead atoms. The lowest BCUT2D eigenvalue weighted by Gasteiger charge is -2.08. The lowest BCUT2D eigenvalue weighted by Crippen LogP contribution is -2.12. The monoisotopic (exact) mass is 346 g/mol. The fraction of sp³-hybridized carbons (Fsp3) is 0. The molecule has 7 nitrogen and oxygen atoms in total. The maximum Gasteiger partial charge on any atom is 0.305 e. The van der Waals surface area contributed by atoms with Crippen molar-refractivity contribution >= 4 is 48.2 Å². The van der Waals surface area contributed by atoms with Gasteiger partial charge < -0.3 is 4.98 Å². The van der Waals surface area contributed by atoms with Crippen LogP contribution < -0.4 is 9.60 Å². The van der Waals surface area contributed by atoms with Crippen molar-refractivity contribution in [2.75, 3.05) is 4.72 Å². The molecule has 2 aromatic carbocycles. The Kier molecular flexibility index (Phi) is 3.00. The summed E-state index contributed by atoms with van der Waals surface area (Å²) in [5.74, 6) is 0. The van der Waals surface area contributed by atoms with Gasteiger partial charge in [0.15, 0.2) is 0 Å². The number of hydrogen-bond acceptors (Lipinski definition) is 5. The standard InChI is InChI=1S/C14H10N4O3S2/c19-14-16-11-4-3-10(6-13(11)22-14)23(20,21)18-9-2-1-8-7-15-17-12(8)5-9/h1-7,18H,(H,15,17)(H,16,19). The van der Waals surface area contributed by atoms with E-state index in [1.165, 1.54) is 12.1 Å². The second-order valence-electron chi connectivity index (χ2n) is 4.95. The van der Waals surface area contributed by atoms with Crippen molar-refractivity contribution in [3.63, 3.8) is 0 Å². The van der Waals surface area contributed by atoms with Gasteiger partial charge in [-0.2, -0.15) is 5.10 Å². The van der Waals surface area contributed by atoms with E-state index in [0.29, 0.717) is 15.9 Å². The first-order valence-electron chi connectivity index (χ1n) is 6.60. The highest BCUT2D eigenvalue weighted by molar-refractivity contribution is 7.92. The largest absolute Gasteiger partial charge is 0.312 e. The minimum atomic E-state index is -3.74. The molecule has 2 aromatic heterocycles. The highest BCUT2D eigenvalue weighted by Crippen LogP contribution is 2.23. The topological polar surface area (TPSA) is 108 Å². The minimum absolute atomic E-state index is 0.102. The SMILES string of the molecule is O=c1[nH]c2ccc(S(=O)(=O)Nc3ccc4cn[nH]c4c3)cc2s1. The maximum absolute atomic E-state index is 12.5. The fourth-order valence-corrected chi connectivity index (χ4v) is 4.23. The number of anilines is 1. The second-order valence-corrected chi connectivity index (χ2v) is 7.65. The summed E-state index contributed by atoms with van der Waals surface area (Å²) in [7, 11) is -3.74. The van der Waals surface area contributed by atoms with E-state index in [-0.39, 0.29) is 9.77 Å². The number of aromatic nitrogens is 3. The summed E-state index contributed by atoms with van der Waals surface area (Å²) in [5, 5.41) is 7.58. The Labute approximate surface area is 134 Å². The summed E-state index contributed by atoms with van der Waals surface area (Å²) < 4.78 is 28.1. The van der Waals surface area contributed by atoms with E-state index < -0.39 is 10.0 Å². The van der Waals surface area contributed by atoms with Gasteiger partial charge in [0.05, 0.1) is 32.5 Å². The predicted octanol–water partition coefficient (Wildman–Crippen LogP) is 2.27.